The van der Waals surface area contributed by atoms with Gasteiger partial charge in [0.1, 0.15) is 5.75 Å². The zero-order valence-electron chi connectivity index (χ0n) is 16.5. The largest absolute Gasteiger partial charge is 0.494 e. The van der Waals surface area contributed by atoms with Crippen LogP contribution in [0, 0.1) is 6.92 Å². The molecule has 0 aliphatic heterocycles. The number of hydrazine groups is 1. The minimum Gasteiger partial charge on any atom is -0.494 e. The van der Waals surface area contributed by atoms with Crippen LogP contribution in [0.3, 0.4) is 0 Å². The summed E-state index contributed by atoms with van der Waals surface area (Å²) in [6, 6.07) is 14.6. The topological polar surface area (TPSA) is 96.5 Å². The fourth-order valence-electron chi connectivity index (χ4n) is 2.34. The zero-order chi connectivity index (χ0) is 21.1. The second kappa shape index (κ2) is 11.3. The third-order valence-electron chi connectivity index (χ3n) is 3.86. The minimum absolute atomic E-state index is 0.00583. The second-order valence-corrected chi connectivity index (χ2v) is 6.29. The number of benzene rings is 2. The molecule has 0 spiro atoms. The first-order valence-corrected chi connectivity index (χ1v) is 9.32. The SMILES string of the molecule is CCOc1ccc(NC(=O)CCC(=O)NNC(=O)/C=C/c2ccc(C)cc2)cc1. The van der Waals surface area contributed by atoms with Crippen LogP contribution in [0.15, 0.2) is 54.6 Å². The van der Waals surface area contributed by atoms with Crippen molar-refractivity contribution in [3.8, 4) is 5.75 Å². The van der Waals surface area contributed by atoms with Crippen molar-refractivity contribution in [2.24, 2.45) is 0 Å². The van der Waals surface area contributed by atoms with Crippen molar-refractivity contribution in [2.45, 2.75) is 26.7 Å². The molecule has 2 aromatic rings. The molecule has 152 valence electrons. The Kier molecular flexibility index (Phi) is 8.44. The zero-order valence-corrected chi connectivity index (χ0v) is 16.5. The predicted octanol–water partition coefficient (Wildman–Crippen LogP) is 2.97. The van der Waals surface area contributed by atoms with E-state index in [9.17, 15) is 14.4 Å². The summed E-state index contributed by atoms with van der Waals surface area (Å²) in [6.45, 7) is 4.44. The standard InChI is InChI=1S/C22H25N3O4/c1-3-29-19-11-9-18(10-12-19)23-20(26)14-15-22(28)25-24-21(27)13-8-17-6-4-16(2)5-7-17/h4-13H,3,14-15H2,1-2H3,(H,23,26)(H,24,27)(H,25,28)/b13-8+. The number of amides is 3. The lowest BCUT2D eigenvalue weighted by molar-refractivity contribution is -0.128. The van der Waals surface area contributed by atoms with Gasteiger partial charge < -0.3 is 10.1 Å². The summed E-state index contributed by atoms with van der Waals surface area (Å²) in [5, 5.41) is 2.70. The van der Waals surface area contributed by atoms with Gasteiger partial charge in [-0.3, -0.25) is 25.2 Å². The van der Waals surface area contributed by atoms with E-state index in [4.69, 9.17) is 4.74 Å². The fraction of sp³-hybridized carbons (Fsp3) is 0.227. The molecule has 0 saturated heterocycles. The molecular formula is C22H25N3O4. The van der Waals surface area contributed by atoms with Crippen LogP contribution in [-0.2, 0) is 14.4 Å². The van der Waals surface area contributed by atoms with E-state index in [1.54, 1.807) is 30.3 Å². The van der Waals surface area contributed by atoms with Crippen molar-refractivity contribution < 1.29 is 19.1 Å². The Labute approximate surface area is 170 Å². The third kappa shape index (κ3) is 8.30. The number of aryl methyl sites for hydroxylation is 1. The van der Waals surface area contributed by atoms with Gasteiger partial charge in [0.15, 0.2) is 0 Å². The normalized spacial score (nSPS) is 10.4. The van der Waals surface area contributed by atoms with Crippen LogP contribution in [0.5, 0.6) is 5.75 Å². The molecule has 0 bridgehead atoms. The molecular weight excluding hydrogens is 370 g/mol. The quantitative estimate of drug-likeness (QED) is 0.473. The molecule has 29 heavy (non-hydrogen) atoms. The highest BCUT2D eigenvalue weighted by Crippen LogP contribution is 2.15. The average Bonchev–Trinajstić information content (AvgIpc) is 2.72. The van der Waals surface area contributed by atoms with Gasteiger partial charge in [0.25, 0.3) is 5.91 Å². The first kappa shape index (κ1) is 21.7. The number of carbonyl (C=O) groups is 3. The summed E-state index contributed by atoms with van der Waals surface area (Å²) in [7, 11) is 0. The number of hydrogen-bond donors (Lipinski definition) is 3. The Balaban J connectivity index is 1.67. The maximum absolute atomic E-state index is 11.9. The number of rotatable bonds is 8. The van der Waals surface area contributed by atoms with Gasteiger partial charge in [-0.1, -0.05) is 29.8 Å². The Morgan fingerprint density at radius 3 is 2.21 bits per heavy atom. The van der Waals surface area contributed by atoms with E-state index in [2.05, 4.69) is 16.2 Å². The summed E-state index contributed by atoms with van der Waals surface area (Å²) >= 11 is 0. The lowest BCUT2D eigenvalue weighted by Crippen LogP contribution is -2.41. The molecule has 0 saturated carbocycles. The Morgan fingerprint density at radius 2 is 1.55 bits per heavy atom. The highest BCUT2D eigenvalue weighted by atomic mass is 16.5. The molecule has 7 heteroatoms. The summed E-state index contributed by atoms with van der Waals surface area (Å²) in [4.78, 5) is 35.5. The van der Waals surface area contributed by atoms with E-state index in [1.807, 2.05) is 38.1 Å². The molecule has 7 nitrogen and oxygen atoms in total. The molecule has 0 unspecified atom stereocenters. The molecule has 0 heterocycles. The summed E-state index contributed by atoms with van der Waals surface area (Å²) in [5.74, 6) is -0.492. The molecule has 2 rings (SSSR count). The summed E-state index contributed by atoms with van der Waals surface area (Å²) in [6.07, 6.45) is 2.91. The van der Waals surface area contributed by atoms with Gasteiger partial charge in [-0.25, -0.2) is 0 Å². The van der Waals surface area contributed by atoms with E-state index in [0.29, 0.717) is 12.3 Å². The first-order chi connectivity index (χ1) is 14.0. The molecule has 0 atom stereocenters. The number of ether oxygens (including phenoxy) is 1. The van der Waals surface area contributed by atoms with Gasteiger partial charge in [0, 0.05) is 24.6 Å². The van der Waals surface area contributed by atoms with Crippen LogP contribution in [-0.4, -0.2) is 24.3 Å². The van der Waals surface area contributed by atoms with Crippen LogP contribution in [0.4, 0.5) is 5.69 Å². The molecule has 0 aliphatic carbocycles. The third-order valence-corrected chi connectivity index (χ3v) is 3.86. The Hall–Kier alpha value is -3.61. The van der Waals surface area contributed by atoms with Gasteiger partial charge in [0.05, 0.1) is 6.61 Å². The molecule has 3 amide bonds. The Bertz CT molecular complexity index is 859. The first-order valence-electron chi connectivity index (χ1n) is 9.32. The number of hydrogen-bond acceptors (Lipinski definition) is 4. The molecule has 3 N–H and O–H groups in total. The van der Waals surface area contributed by atoms with Crippen molar-refractivity contribution in [3.63, 3.8) is 0 Å². The predicted molar refractivity (Wildman–Crippen MR) is 112 cm³/mol. The number of nitrogens with one attached hydrogen (secondary N) is 3. The molecule has 2 aromatic carbocycles. The minimum atomic E-state index is -0.460. The highest BCUT2D eigenvalue weighted by molar-refractivity contribution is 5.95. The van der Waals surface area contributed by atoms with Crippen molar-refractivity contribution in [2.75, 3.05) is 11.9 Å². The van der Waals surface area contributed by atoms with E-state index < -0.39 is 11.8 Å². The maximum atomic E-state index is 11.9. The van der Waals surface area contributed by atoms with Crippen LogP contribution >= 0.6 is 0 Å². The lowest BCUT2D eigenvalue weighted by atomic mass is 10.1. The average molecular weight is 395 g/mol. The van der Waals surface area contributed by atoms with E-state index in [0.717, 1.165) is 16.9 Å². The van der Waals surface area contributed by atoms with E-state index in [1.165, 1.54) is 6.08 Å². The van der Waals surface area contributed by atoms with Crippen LogP contribution < -0.4 is 20.9 Å². The molecule has 0 radical (unpaired) electrons. The number of carbonyl (C=O) groups excluding carboxylic acids is 3. The maximum Gasteiger partial charge on any atom is 0.262 e. The van der Waals surface area contributed by atoms with E-state index >= 15 is 0 Å². The molecule has 0 fully saturated rings. The van der Waals surface area contributed by atoms with Crippen molar-refractivity contribution in [1.29, 1.82) is 0 Å². The lowest BCUT2D eigenvalue weighted by Gasteiger charge is -2.08. The van der Waals surface area contributed by atoms with Crippen LogP contribution in [0.2, 0.25) is 0 Å². The fourth-order valence-corrected chi connectivity index (χ4v) is 2.34. The van der Waals surface area contributed by atoms with Crippen LogP contribution in [0.1, 0.15) is 30.9 Å². The smallest absolute Gasteiger partial charge is 0.262 e. The number of anilines is 1. The highest BCUT2D eigenvalue weighted by Gasteiger charge is 2.08. The van der Waals surface area contributed by atoms with Gasteiger partial charge in [-0.05, 0) is 49.8 Å². The van der Waals surface area contributed by atoms with E-state index in [-0.39, 0.29) is 18.7 Å². The van der Waals surface area contributed by atoms with Gasteiger partial charge in [-0.15, -0.1) is 0 Å². The molecule has 0 aromatic heterocycles. The Morgan fingerprint density at radius 1 is 0.897 bits per heavy atom. The summed E-state index contributed by atoms with van der Waals surface area (Å²) in [5.41, 5.74) is 7.19. The van der Waals surface area contributed by atoms with Crippen molar-refractivity contribution in [3.05, 3.63) is 65.7 Å². The van der Waals surface area contributed by atoms with Gasteiger partial charge >= 0.3 is 0 Å². The van der Waals surface area contributed by atoms with Crippen molar-refractivity contribution >= 4 is 29.5 Å². The monoisotopic (exact) mass is 395 g/mol. The van der Waals surface area contributed by atoms with Crippen LogP contribution in [0.25, 0.3) is 6.08 Å². The van der Waals surface area contributed by atoms with Crippen molar-refractivity contribution in [1.82, 2.24) is 10.9 Å². The van der Waals surface area contributed by atoms with Gasteiger partial charge in [-0.2, -0.15) is 0 Å². The second-order valence-electron chi connectivity index (χ2n) is 6.29. The van der Waals surface area contributed by atoms with Gasteiger partial charge in [0.2, 0.25) is 11.8 Å². The summed E-state index contributed by atoms with van der Waals surface area (Å²) < 4.78 is 5.33. The molecule has 0 aliphatic rings.